The van der Waals surface area contributed by atoms with E-state index in [9.17, 15) is 14.0 Å². The highest BCUT2D eigenvalue weighted by molar-refractivity contribution is 5.97. The first-order valence-electron chi connectivity index (χ1n) is 9.65. The van der Waals surface area contributed by atoms with Crippen LogP contribution in [0.15, 0.2) is 23.1 Å². The number of nitrogens with one attached hydrogen (secondary N) is 1. The second-order valence-corrected chi connectivity index (χ2v) is 7.10. The summed E-state index contributed by atoms with van der Waals surface area (Å²) in [6.45, 7) is 5.84. The Morgan fingerprint density at radius 3 is 2.61 bits per heavy atom. The van der Waals surface area contributed by atoms with Crippen molar-refractivity contribution in [2.45, 2.75) is 19.9 Å². The number of hydrogen-bond donors (Lipinski definition) is 2. The van der Waals surface area contributed by atoms with E-state index in [1.807, 2.05) is 18.9 Å². The molecule has 1 aromatic heterocycles. The van der Waals surface area contributed by atoms with Gasteiger partial charge in [0.1, 0.15) is 11.4 Å². The van der Waals surface area contributed by atoms with Gasteiger partial charge >= 0.3 is 0 Å². The zero-order valence-corrected chi connectivity index (χ0v) is 16.4. The molecule has 0 radical (unpaired) electrons. The number of hydrogen-bond acceptors (Lipinski definition) is 5. The van der Waals surface area contributed by atoms with Gasteiger partial charge in [-0.1, -0.05) is 0 Å². The van der Waals surface area contributed by atoms with Crippen LogP contribution in [0, 0.1) is 5.82 Å². The molecule has 1 aromatic carbocycles. The van der Waals surface area contributed by atoms with E-state index in [1.165, 1.54) is 12.3 Å². The van der Waals surface area contributed by atoms with Crippen LogP contribution in [0.2, 0.25) is 0 Å². The lowest BCUT2D eigenvalue weighted by atomic mass is 10.1. The van der Waals surface area contributed by atoms with Crippen LogP contribution in [0.5, 0.6) is 0 Å². The van der Waals surface area contributed by atoms with Crippen molar-refractivity contribution in [3.8, 4) is 0 Å². The number of likely N-dealkylation sites (N-methyl/N-ethyl adjacent to an activating group) is 1. The van der Waals surface area contributed by atoms with Crippen LogP contribution in [-0.2, 0) is 6.54 Å². The summed E-state index contributed by atoms with van der Waals surface area (Å²) >= 11 is 0. The number of amides is 1. The lowest BCUT2D eigenvalue weighted by Gasteiger charge is -2.34. The highest BCUT2D eigenvalue weighted by Crippen LogP contribution is 2.26. The van der Waals surface area contributed by atoms with Gasteiger partial charge in [0.15, 0.2) is 0 Å². The minimum atomic E-state index is -0.508. The van der Waals surface area contributed by atoms with Gasteiger partial charge in [0, 0.05) is 57.5 Å². The van der Waals surface area contributed by atoms with E-state index < -0.39 is 17.2 Å². The van der Waals surface area contributed by atoms with Crippen molar-refractivity contribution < 1.29 is 14.3 Å². The smallest absolute Gasteiger partial charge is 0.256 e. The summed E-state index contributed by atoms with van der Waals surface area (Å²) in [5, 5.41) is 11.7. The number of fused-ring (bicyclic) bond motifs is 1. The minimum absolute atomic E-state index is 0.0148. The van der Waals surface area contributed by atoms with Crippen LogP contribution in [0.4, 0.5) is 10.1 Å². The molecule has 152 valence electrons. The first kappa shape index (κ1) is 20.3. The van der Waals surface area contributed by atoms with Crippen molar-refractivity contribution in [3.05, 3.63) is 39.9 Å². The molecule has 0 unspecified atom stereocenters. The van der Waals surface area contributed by atoms with E-state index in [2.05, 4.69) is 10.2 Å². The van der Waals surface area contributed by atoms with Gasteiger partial charge in [0.05, 0.1) is 11.2 Å². The number of benzene rings is 1. The number of aliphatic hydroxyl groups excluding tert-OH is 1. The fourth-order valence-electron chi connectivity index (χ4n) is 3.49. The average Bonchev–Trinajstić information content (AvgIpc) is 2.69. The third kappa shape index (κ3) is 4.02. The molecule has 1 amide bonds. The Labute approximate surface area is 163 Å². The molecule has 7 nitrogen and oxygen atoms in total. The zero-order valence-electron chi connectivity index (χ0n) is 16.4. The van der Waals surface area contributed by atoms with E-state index >= 15 is 0 Å². The molecule has 8 heteroatoms. The van der Waals surface area contributed by atoms with Crippen molar-refractivity contribution >= 4 is 22.5 Å². The van der Waals surface area contributed by atoms with E-state index in [0.717, 1.165) is 26.2 Å². The monoisotopic (exact) mass is 390 g/mol. The first-order chi connectivity index (χ1) is 13.5. The third-order valence-electron chi connectivity index (χ3n) is 5.20. The molecule has 0 atom stereocenters. The van der Waals surface area contributed by atoms with Gasteiger partial charge < -0.3 is 24.8 Å². The summed E-state index contributed by atoms with van der Waals surface area (Å²) < 4.78 is 16.7. The number of piperazine rings is 1. The Kier molecular flexibility index (Phi) is 6.31. The van der Waals surface area contributed by atoms with Crippen molar-refractivity contribution in [1.29, 1.82) is 0 Å². The summed E-state index contributed by atoms with van der Waals surface area (Å²) in [4.78, 5) is 29.4. The van der Waals surface area contributed by atoms with Gasteiger partial charge in [0.2, 0.25) is 5.43 Å². The highest BCUT2D eigenvalue weighted by atomic mass is 19.1. The maximum atomic E-state index is 14.9. The molecule has 0 bridgehead atoms. The molecule has 0 saturated carbocycles. The summed E-state index contributed by atoms with van der Waals surface area (Å²) in [5.41, 5.74) is 0.612. The topological polar surface area (TPSA) is 77.8 Å². The number of anilines is 1. The SMILES string of the molecule is CCn1cc(C(=O)NCCCO)c(=O)c2cc(F)c(N3CCN(C)CC3)cc21. The standard InChI is InChI=1S/C20H27FN4O3/c1-3-24-13-15(20(28)22-5-4-10-26)19(27)14-11-16(21)18(12-17(14)24)25-8-6-23(2)7-9-25/h11-13,26H,3-10H2,1-2H3,(H,22,28). The van der Waals surface area contributed by atoms with Crippen molar-refractivity contribution in [2.24, 2.45) is 0 Å². The number of carbonyl (C=O) groups excluding carboxylic acids is 1. The largest absolute Gasteiger partial charge is 0.396 e. The molecule has 3 rings (SSSR count). The van der Waals surface area contributed by atoms with E-state index in [0.29, 0.717) is 24.2 Å². The Bertz CT molecular complexity index is 920. The molecule has 2 N–H and O–H groups in total. The Balaban J connectivity index is 2.03. The molecule has 0 aliphatic carbocycles. The molecule has 2 heterocycles. The van der Waals surface area contributed by atoms with Crippen LogP contribution >= 0.6 is 0 Å². The number of aromatic nitrogens is 1. The van der Waals surface area contributed by atoms with E-state index in [4.69, 9.17) is 5.11 Å². The van der Waals surface area contributed by atoms with E-state index in [-0.39, 0.29) is 24.1 Å². The maximum absolute atomic E-state index is 14.9. The average molecular weight is 390 g/mol. The molecular weight excluding hydrogens is 363 g/mol. The van der Waals surface area contributed by atoms with Crippen LogP contribution in [0.1, 0.15) is 23.7 Å². The van der Waals surface area contributed by atoms with Gasteiger partial charge in [-0.25, -0.2) is 4.39 Å². The molecule has 1 fully saturated rings. The summed E-state index contributed by atoms with van der Waals surface area (Å²) in [6, 6.07) is 2.97. The number of pyridine rings is 1. The van der Waals surface area contributed by atoms with Crippen LogP contribution in [0.3, 0.4) is 0 Å². The molecule has 1 aliphatic rings. The Morgan fingerprint density at radius 1 is 1.25 bits per heavy atom. The number of carbonyl (C=O) groups is 1. The Hall–Kier alpha value is -2.45. The van der Waals surface area contributed by atoms with Crippen molar-refractivity contribution in [1.82, 2.24) is 14.8 Å². The zero-order chi connectivity index (χ0) is 20.3. The fourth-order valence-corrected chi connectivity index (χ4v) is 3.49. The van der Waals surface area contributed by atoms with Crippen molar-refractivity contribution in [3.63, 3.8) is 0 Å². The van der Waals surface area contributed by atoms with Crippen LogP contribution in [0.25, 0.3) is 10.9 Å². The molecule has 2 aromatic rings. The summed E-state index contributed by atoms with van der Waals surface area (Å²) in [5.74, 6) is -0.958. The number of rotatable bonds is 6. The van der Waals surface area contributed by atoms with E-state index in [1.54, 1.807) is 10.6 Å². The van der Waals surface area contributed by atoms with Gasteiger partial charge in [-0.2, -0.15) is 0 Å². The third-order valence-corrected chi connectivity index (χ3v) is 5.20. The number of aryl methyl sites for hydroxylation is 1. The molecule has 0 spiro atoms. The van der Waals surface area contributed by atoms with Gasteiger partial charge in [-0.05, 0) is 32.5 Å². The number of halogens is 1. The second kappa shape index (κ2) is 8.70. The molecule has 1 aliphatic heterocycles. The molecular formula is C20H27FN4O3. The number of aliphatic hydroxyl groups is 1. The summed E-state index contributed by atoms with van der Waals surface area (Å²) in [6.07, 6.45) is 1.94. The van der Waals surface area contributed by atoms with Gasteiger partial charge in [0.25, 0.3) is 5.91 Å². The lowest BCUT2D eigenvalue weighted by Crippen LogP contribution is -2.44. The van der Waals surface area contributed by atoms with Crippen LogP contribution < -0.4 is 15.6 Å². The maximum Gasteiger partial charge on any atom is 0.256 e. The second-order valence-electron chi connectivity index (χ2n) is 7.10. The minimum Gasteiger partial charge on any atom is -0.396 e. The van der Waals surface area contributed by atoms with Gasteiger partial charge in [-0.3, -0.25) is 9.59 Å². The number of nitrogens with zero attached hydrogens (tertiary/aromatic N) is 3. The molecule has 1 saturated heterocycles. The lowest BCUT2D eigenvalue weighted by molar-refractivity contribution is 0.0949. The van der Waals surface area contributed by atoms with Crippen LogP contribution in [-0.4, -0.2) is 66.9 Å². The fraction of sp³-hybridized carbons (Fsp3) is 0.500. The van der Waals surface area contributed by atoms with Crippen molar-refractivity contribution in [2.75, 3.05) is 51.3 Å². The summed E-state index contributed by atoms with van der Waals surface area (Å²) in [7, 11) is 2.04. The normalized spacial score (nSPS) is 15.2. The van der Waals surface area contributed by atoms with Gasteiger partial charge in [-0.15, -0.1) is 0 Å². The quantitative estimate of drug-likeness (QED) is 0.721. The Morgan fingerprint density at radius 2 is 1.96 bits per heavy atom. The first-order valence-corrected chi connectivity index (χ1v) is 9.65. The predicted octanol–water partition coefficient (Wildman–Crippen LogP) is 1.02. The highest BCUT2D eigenvalue weighted by Gasteiger charge is 2.21. The predicted molar refractivity (Wildman–Crippen MR) is 108 cm³/mol. The molecule has 28 heavy (non-hydrogen) atoms.